The van der Waals surface area contributed by atoms with Crippen LogP contribution in [0.4, 0.5) is 0 Å². The van der Waals surface area contributed by atoms with Gasteiger partial charge in [-0.1, -0.05) is 30.4 Å². The van der Waals surface area contributed by atoms with Crippen LogP contribution in [0.25, 0.3) is 11.5 Å². The predicted octanol–water partition coefficient (Wildman–Crippen LogP) is 3.06. The van der Waals surface area contributed by atoms with Crippen LogP contribution in [0.5, 0.6) is 0 Å². The summed E-state index contributed by atoms with van der Waals surface area (Å²) in [6.45, 7) is 1.95. The highest BCUT2D eigenvalue weighted by Gasteiger charge is 2.08. The van der Waals surface area contributed by atoms with Crippen molar-refractivity contribution >= 4 is 0 Å². The third-order valence-electron chi connectivity index (χ3n) is 2.94. The summed E-state index contributed by atoms with van der Waals surface area (Å²) in [7, 11) is 0. The fourth-order valence-corrected chi connectivity index (χ4v) is 1.96. The summed E-state index contributed by atoms with van der Waals surface area (Å²) >= 11 is 0. The van der Waals surface area contributed by atoms with Gasteiger partial charge in [-0.15, -0.1) is 0 Å². The molecule has 0 amide bonds. The maximum absolute atomic E-state index is 4.44. The molecule has 3 rings (SSSR count). The van der Waals surface area contributed by atoms with Gasteiger partial charge < -0.3 is 0 Å². The minimum Gasteiger partial charge on any atom is -0.253 e. The SMILES string of the molecule is Cc1ccnc(-c2ccc(C3C=CC=C3)cn2)n1. The Labute approximate surface area is 106 Å². The van der Waals surface area contributed by atoms with Gasteiger partial charge >= 0.3 is 0 Å². The van der Waals surface area contributed by atoms with Gasteiger partial charge in [0.2, 0.25) is 0 Å². The fraction of sp³-hybridized carbons (Fsp3) is 0.133. The summed E-state index contributed by atoms with van der Waals surface area (Å²) in [6.07, 6.45) is 12.1. The van der Waals surface area contributed by atoms with Crippen LogP contribution in [0.1, 0.15) is 17.2 Å². The average molecular weight is 235 g/mol. The minimum atomic E-state index is 0.352. The van der Waals surface area contributed by atoms with Crippen LogP contribution in [0, 0.1) is 6.92 Å². The summed E-state index contributed by atoms with van der Waals surface area (Å²) in [5.41, 5.74) is 2.96. The van der Waals surface area contributed by atoms with Gasteiger partial charge in [0.15, 0.2) is 5.82 Å². The van der Waals surface area contributed by atoms with Crippen molar-refractivity contribution in [2.45, 2.75) is 12.8 Å². The Kier molecular flexibility index (Phi) is 2.73. The second-order valence-electron chi connectivity index (χ2n) is 4.29. The highest BCUT2D eigenvalue weighted by molar-refractivity contribution is 5.50. The predicted molar refractivity (Wildman–Crippen MR) is 71.0 cm³/mol. The zero-order valence-electron chi connectivity index (χ0n) is 10.1. The summed E-state index contributed by atoms with van der Waals surface area (Å²) in [5.74, 6) is 1.03. The fourth-order valence-electron chi connectivity index (χ4n) is 1.96. The van der Waals surface area contributed by atoms with Crippen LogP contribution in [-0.4, -0.2) is 15.0 Å². The molecule has 2 aromatic heterocycles. The quantitative estimate of drug-likeness (QED) is 0.803. The van der Waals surface area contributed by atoms with Crippen molar-refractivity contribution in [3.63, 3.8) is 0 Å². The minimum absolute atomic E-state index is 0.352. The highest BCUT2D eigenvalue weighted by Crippen LogP contribution is 2.23. The Balaban J connectivity index is 1.91. The van der Waals surface area contributed by atoms with Gasteiger partial charge in [-0.3, -0.25) is 4.98 Å². The van der Waals surface area contributed by atoms with Crippen molar-refractivity contribution in [1.82, 2.24) is 15.0 Å². The van der Waals surface area contributed by atoms with Gasteiger partial charge in [-0.05, 0) is 24.6 Å². The molecular weight excluding hydrogens is 222 g/mol. The standard InChI is InChI=1S/C15H13N3/c1-11-8-9-16-15(18-11)14-7-6-13(10-17-14)12-4-2-3-5-12/h2-10,12H,1H3. The molecule has 0 unspecified atom stereocenters. The van der Waals surface area contributed by atoms with Crippen LogP contribution in [0.2, 0.25) is 0 Å². The van der Waals surface area contributed by atoms with E-state index in [1.54, 1.807) is 6.20 Å². The molecule has 0 fully saturated rings. The lowest BCUT2D eigenvalue weighted by atomic mass is 10.0. The molecule has 18 heavy (non-hydrogen) atoms. The average Bonchev–Trinajstić information content (AvgIpc) is 2.93. The first-order valence-electron chi connectivity index (χ1n) is 5.94. The van der Waals surface area contributed by atoms with Crippen molar-refractivity contribution in [2.24, 2.45) is 0 Å². The van der Waals surface area contributed by atoms with E-state index in [1.165, 1.54) is 5.56 Å². The Morgan fingerprint density at radius 2 is 1.83 bits per heavy atom. The molecule has 0 bridgehead atoms. The number of pyridine rings is 1. The van der Waals surface area contributed by atoms with Crippen LogP contribution in [0.3, 0.4) is 0 Å². The smallest absolute Gasteiger partial charge is 0.178 e. The molecule has 0 saturated heterocycles. The lowest BCUT2D eigenvalue weighted by Gasteiger charge is -2.06. The molecule has 1 aliphatic carbocycles. The zero-order valence-corrected chi connectivity index (χ0v) is 10.1. The van der Waals surface area contributed by atoms with Crippen LogP contribution >= 0.6 is 0 Å². The van der Waals surface area contributed by atoms with E-state index < -0.39 is 0 Å². The van der Waals surface area contributed by atoms with E-state index >= 15 is 0 Å². The van der Waals surface area contributed by atoms with E-state index in [9.17, 15) is 0 Å². The van der Waals surface area contributed by atoms with Gasteiger partial charge in [0.1, 0.15) is 5.69 Å². The Morgan fingerprint density at radius 3 is 2.50 bits per heavy atom. The summed E-state index contributed by atoms with van der Waals surface area (Å²) in [5, 5.41) is 0. The molecule has 0 spiro atoms. The maximum atomic E-state index is 4.44. The largest absolute Gasteiger partial charge is 0.253 e. The van der Waals surface area contributed by atoms with Crippen LogP contribution < -0.4 is 0 Å². The Morgan fingerprint density at radius 1 is 1.00 bits per heavy atom. The van der Waals surface area contributed by atoms with Crippen molar-refractivity contribution in [2.75, 3.05) is 0 Å². The number of hydrogen-bond donors (Lipinski definition) is 0. The molecule has 0 aliphatic heterocycles. The van der Waals surface area contributed by atoms with E-state index in [4.69, 9.17) is 0 Å². The summed E-state index contributed by atoms with van der Waals surface area (Å²) in [4.78, 5) is 13.0. The highest BCUT2D eigenvalue weighted by atomic mass is 14.9. The van der Waals surface area contributed by atoms with Crippen LogP contribution in [0.15, 0.2) is 54.9 Å². The normalized spacial score (nSPS) is 14.3. The molecule has 2 heterocycles. The first-order chi connectivity index (χ1) is 8.83. The zero-order chi connectivity index (χ0) is 12.4. The number of allylic oxidation sites excluding steroid dienone is 4. The van der Waals surface area contributed by atoms with Crippen molar-refractivity contribution in [3.8, 4) is 11.5 Å². The number of rotatable bonds is 2. The maximum Gasteiger partial charge on any atom is 0.178 e. The molecule has 88 valence electrons. The molecule has 1 aliphatic rings. The number of nitrogens with zero attached hydrogens (tertiary/aromatic N) is 3. The first-order valence-corrected chi connectivity index (χ1v) is 5.94. The molecule has 0 radical (unpaired) electrons. The molecule has 0 atom stereocenters. The van der Waals surface area contributed by atoms with E-state index in [-0.39, 0.29) is 0 Å². The molecule has 0 N–H and O–H groups in total. The van der Waals surface area contributed by atoms with Crippen molar-refractivity contribution < 1.29 is 0 Å². The summed E-state index contributed by atoms with van der Waals surface area (Å²) < 4.78 is 0. The second kappa shape index (κ2) is 4.53. The van der Waals surface area contributed by atoms with Gasteiger partial charge in [0.25, 0.3) is 0 Å². The molecule has 3 heteroatoms. The topological polar surface area (TPSA) is 38.7 Å². The van der Waals surface area contributed by atoms with Gasteiger partial charge in [-0.25, -0.2) is 9.97 Å². The van der Waals surface area contributed by atoms with Crippen molar-refractivity contribution in [3.05, 3.63) is 66.2 Å². The second-order valence-corrected chi connectivity index (χ2v) is 4.29. The van der Waals surface area contributed by atoms with E-state index in [0.29, 0.717) is 11.7 Å². The molecule has 0 aromatic carbocycles. The summed E-state index contributed by atoms with van der Waals surface area (Å²) in [6, 6.07) is 5.94. The number of hydrogen-bond acceptors (Lipinski definition) is 3. The number of aryl methyl sites for hydroxylation is 1. The third-order valence-corrected chi connectivity index (χ3v) is 2.94. The van der Waals surface area contributed by atoms with E-state index in [2.05, 4.69) is 45.3 Å². The molecule has 2 aromatic rings. The Bertz CT molecular complexity index is 600. The third kappa shape index (κ3) is 2.07. The molecular formula is C15H13N3. The molecule has 3 nitrogen and oxygen atoms in total. The lowest BCUT2D eigenvalue weighted by molar-refractivity contribution is 1.05. The Hall–Kier alpha value is -2.29. The van der Waals surface area contributed by atoms with Gasteiger partial charge in [-0.2, -0.15) is 0 Å². The monoisotopic (exact) mass is 235 g/mol. The first kappa shape index (κ1) is 10.8. The lowest BCUT2D eigenvalue weighted by Crippen LogP contribution is -1.95. The van der Waals surface area contributed by atoms with E-state index in [0.717, 1.165) is 11.4 Å². The van der Waals surface area contributed by atoms with E-state index in [1.807, 2.05) is 25.3 Å². The van der Waals surface area contributed by atoms with Gasteiger partial charge in [0.05, 0.1) is 0 Å². The van der Waals surface area contributed by atoms with Crippen LogP contribution in [-0.2, 0) is 0 Å². The van der Waals surface area contributed by atoms with Crippen molar-refractivity contribution in [1.29, 1.82) is 0 Å². The molecule has 0 saturated carbocycles. The number of aromatic nitrogens is 3. The van der Waals surface area contributed by atoms with Gasteiger partial charge in [0, 0.05) is 24.0 Å².